The van der Waals surface area contributed by atoms with Gasteiger partial charge in [-0.05, 0) is 30.4 Å². The van der Waals surface area contributed by atoms with Gasteiger partial charge in [-0.25, -0.2) is 0 Å². The summed E-state index contributed by atoms with van der Waals surface area (Å²) in [5, 5.41) is 12.2. The third-order valence-corrected chi connectivity index (χ3v) is 4.20. The van der Waals surface area contributed by atoms with Gasteiger partial charge in [0.2, 0.25) is 0 Å². The monoisotopic (exact) mass is 309 g/mol. The third kappa shape index (κ3) is 3.24. The van der Waals surface area contributed by atoms with Crippen molar-refractivity contribution in [3.05, 3.63) is 22.5 Å². The van der Waals surface area contributed by atoms with Crippen LogP contribution in [0.4, 0.5) is 0 Å². The van der Waals surface area contributed by atoms with E-state index in [0.717, 1.165) is 35.0 Å². The van der Waals surface area contributed by atoms with Gasteiger partial charge in [0.1, 0.15) is 5.69 Å². The quantitative estimate of drug-likeness (QED) is 0.851. The molecule has 1 atom stereocenters. The maximum atomic E-state index is 5.47. The van der Waals surface area contributed by atoms with E-state index in [1.807, 2.05) is 11.7 Å². The first-order chi connectivity index (χ1) is 10.1. The second kappa shape index (κ2) is 7.00. The van der Waals surface area contributed by atoms with E-state index < -0.39 is 0 Å². The van der Waals surface area contributed by atoms with Gasteiger partial charge >= 0.3 is 0 Å². The van der Waals surface area contributed by atoms with Crippen LogP contribution in [0.25, 0.3) is 0 Å². The Morgan fingerprint density at radius 2 is 2.19 bits per heavy atom. The lowest BCUT2D eigenvalue weighted by Gasteiger charge is -2.20. The van der Waals surface area contributed by atoms with Gasteiger partial charge in [-0.2, -0.15) is 5.10 Å². The summed E-state index contributed by atoms with van der Waals surface area (Å²) in [6.07, 6.45) is 2.80. The number of nitrogens with one attached hydrogen (secondary N) is 1. The fourth-order valence-electron chi connectivity index (χ4n) is 2.32. The summed E-state index contributed by atoms with van der Waals surface area (Å²) in [6.45, 7) is 7.34. The molecule has 2 rings (SSSR count). The van der Waals surface area contributed by atoms with E-state index in [0.29, 0.717) is 5.92 Å². The molecule has 6 nitrogen and oxygen atoms in total. The van der Waals surface area contributed by atoms with E-state index in [2.05, 4.69) is 40.8 Å². The molecule has 1 unspecified atom stereocenters. The fraction of sp³-hybridized carbons (Fsp3) is 0.643. The van der Waals surface area contributed by atoms with E-state index >= 15 is 0 Å². The maximum absolute atomic E-state index is 5.47. The molecule has 0 aliphatic heterocycles. The molecule has 0 fully saturated rings. The van der Waals surface area contributed by atoms with E-state index in [1.54, 1.807) is 13.3 Å². The van der Waals surface area contributed by atoms with Gasteiger partial charge in [0.15, 0.2) is 5.75 Å². The summed E-state index contributed by atoms with van der Waals surface area (Å²) in [5.74, 6) is 1.12. The van der Waals surface area contributed by atoms with Gasteiger partial charge in [-0.3, -0.25) is 4.68 Å². The number of rotatable bonds is 7. The number of hydrogen-bond donors (Lipinski definition) is 1. The Balaban J connectivity index is 2.47. The largest absolute Gasteiger partial charge is 0.493 e. The molecule has 0 aliphatic carbocycles. The Labute approximate surface area is 129 Å². The van der Waals surface area contributed by atoms with Crippen molar-refractivity contribution in [1.82, 2.24) is 24.7 Å². The highest BCUT2D eigenvalue weighted by molar-refractivity contribution is 7.05. The molecule has 2 heterocycles. The summed E-state index contributed by atoms with van der Waals surface area (Å²) in [6, 6.07) is 0.00444. The van der Waals surface area contributed by atoms with Crippen molar-refractivity contribution in [2.24, 2.45) is 7.05 Å². The van der Waals surface area contributed by atoms with Crippen LogP contribution >= 0.6 is 11.5 Å². The number of aryl methyl sites for hydroxylation is 1. The molecule has 7 heteroatoms. The molecular formula is C14H23N5OS. The molecule has 0 aromatic carbocycles. The van der Waals surface area contributed by atoms with Gasteiger partial charge in [0, 0.05) is 7.05 Å². The normalized spacial score (nSPS) is 12.9. The summed E-state index contributed by atoms with van der Waals surface area (Å²) in [7, 11) is 3.60. The molecule has 21 heavy (non-hydrogen) atoms. The van der Waals surface area contributed by atoms with Crippen LogP contribution in [0, 0.1) is 0 Å². The predicted octanol–water partition coefficient (Wildman–Crippen LogP) is 2.49. The topological polar surface area (TPSA) is 64.9 Å². The van der Waals surface area contributed by atoms with Gasteiger partial charge in [0.25, 0.3) is 0 Å². The van der Waals surface area contributed by atoms with Gasteiger partial charge in [-0.1, -0.05) is 25.3 Å². The lowest BCUT2D eigenvalue weighted by molar-refractivity contribution is 0.400. The van der Waals surface area contributed by atoms with Crippen LogP contribution in [0.1, 0.15) is 55.4 Å². The summed E-state index contributed by atoms with van der Waals surface area (Å²) < 4.78 is 11.5. The van der Waals surface area contributed by atoms with Crippen LogP contribution in [-0.2, 0) is 7.05 Å². The van der Waals surface area contributed by atoms with Crippen molar-refractivity contribution in [3.63, 3.8) is 0 Å². The lowest BCUT2D eigenvalue weighted by Crippen LogP contribution is -2.26. The number of methoxy groups -OCH3 is 1. The molecule has 2 aromatic heterocycles. The Kier molecular flexibility index (Phi) is 5.30. The SMILES string of the molecule is CCCNC(c1snnc1C(C)C)c1c(OC)cnn1C. The van der Waals surface area contributed by atoms with Crippen molar-refractivity contribution in [3.8, 4) is 5.75 Å². The van der Waals surface area contributed by atoms with Crippen molar-refractivity contribution in [2.75, 3.05) is 13.7 Å². The molecule has 0 radical (unpaired) electrons. The van der Waals surface area contributed by atoms with Crippen molar-refractivity contribution in [2.45, 2.75) is 39.2 Å². The first kappa shape index (κ1) is 15.9. The Morgan fingerprint density at radius 3 is 2.81 bits per heavy atom. The minimum Gasteiger partial charge on any atom is -0.493 e. The number of ether oxygens (including phenoxy) is 1. The average molecular weight is 309 g/mol. The van der Waals surface area contributed by atoms with Gasteiger partial charge in [-0.15, -0.1) is 5.10 Å². The van der Waals surface area contributed by atoms with Crippen molar-refractivity contribution in [1.29, 1.82) is 0 Å². The van der Waals surface area contributed by atoms with E-state index in [9.17, 15) is 0 Å². The first-order valence-corrected chi connectivity index (χ1v) is 7.98. The summed E-state index contributed by atoms with van der Waals surface area (Å²) in [4.78, 5) is 1.14. The molecule has 0 spiro atoms. The molecule has 0 saturated heterocycles. The van der Waals surface area contributed by atoms with Crippen LogP contribution in [0.3, 0.4) is 0 Å². The fourth-order valence-corrected chi connectivity index (χ4v) is 3.21. The summed E-state index contributed by atoms with van der Waals surface area (Å²) >= 11 is 1.44. The highest BCUT2D eigenvalue weighted by Crippen LogP contribution is 2.34. The molecule has 2 aromatic rings. The Hall–Kier alpha value is -1.47. The maximum Gasteiger partial charge on any atom is 0.161 e. The minimum atomic E-state index is 0.00444. The Bertz CT molecular complexity index is 578. The van der Waals surface area contributed by atoms with E-state index in [1.165, 1.54) is 11.5 Å². The van der Waals surface area contributed by atoms with Crippen LogP contribution in [-0.4, -0.2) is 33.0 Å². The molecule has 0 bridgehead atoms. The zero-order chi connectivity index (χ0) is 15.4. The summed E-state index contributed by atoms with van der Waals surface area (Å²) in [5.41, 5.74) is 2.05. The number of nitrogens with zero attached hydrogens (tertiary/aromatic N) is 4. The number of hydrogen-bond acceptors (Lipinski definition) is 6. The van der Waals surface area contributed by atoms with Crippen molar-refractivity contribution >= 4 is 11.5 Å². The van der Waals surface area contributed by atoms with Crippen LogP contribution in [0.5, 0.6) is 5.75 Å². The van der Waals surface area contributed by atoms with Crippen molar-refractivity contribution < 1.29 is 4.74 Å². The second-order valence-corrected chi connectivity index (χ2v) is 6.07. The minimum absolute atomic E-state index is 0.00444. The average Bonchev–Trinajstić information content (AvgIpc) is 3.07. The lowest BCUT2D eigenvalue weighted by atomic mass is 10.0. The van der Waals surface area contributed by atoms with Gasteiger partial charge in [0.05, 0.1) is 29.9 Å². The number of aromatic nitrogens is 4. The molecule has 116 valence electrons. The van der Waals surface area contributed by atoms with Crippen LogP contribution in [0.15, 0.2) is 6.20 Å². The standard InChI is InChI=1S/C14H23N5OS/c1-6-7-15-12(13-10(20-5)8-16-19(13)4)14-11(9(2)3)17-18-21-14/h8-9,12,15H,6-7H2,1-5H3. The Morgan fingerprint density at radius 1 is 1.43 bits per heavy atom. The zero-order valence-electron chi connectivity index (χ0n) is 13.3. The van der Waals surface area contributed by atoms with E-state index in [4.69, 9.17) is 4.74 Å². The molecular weight excluding hydrogens is 286 g/mol. The highest BCUT2D eigenvalue weighted by Gasteiger charge is 2.27. The zero-order valence-corrected chi connectivity index (χ0v) is 14.1. The first-order valence-electron chi connectivity index (χ1n) is 7.21. The van der Waals surface area contributed by atoms with Gasteiger partial charge < -0.3 is 10.1 Å². The smallest absolute Gasteiger partial charge is 0.161 e. The molecule has 0 aliphatic rings. The second-order valence-electron chi connectivity index (χ2n) is 5.29. The van der Waals surface area contributed by atoms with Crippen LogP contribution in [0.2, 0.25) is 0 Å². The molecule has 0 amide bonds. The predicted molar refractivity (Wildman–Crippen MR) is 83.9 cm³/mol. The third-order valence-electron chi connectivity index (χ3n) is 3.39. The highest BCUT2D eigenvalue weighted by atomic mass is 32.1. The molecule has 1 N–H and O–H groups in total. The molecule has 0 saturated carbocycles. The van der Waals surface area contributed by atoms with E-state index in [-0.39, 0.29) is 6.04 Å². The van der Waals surface area contributed by atoms with Crippen LogP contribution < -0.4 is 10.1 Å².